The van der Waals surface area contributed by atoms with E-state index in [1.165, 1.54) is 0 Å². The van der Waals surface area contributed by atoms with Gasteiger partial charge in [0.2, 0.25) is 0 Å². The first-order chi connectivity index (χ1) is 7.04. The third kappa shape index (κ3) is 3.92. The Morgan fingerprint density at radius 1 is 1.60 bits per heavy atom. The van der Waals surface area contributed by atoms with E-state index in [2.05, 4.69) is 38.5 Å². The predicted molar refractivity (Wildman–Crippen MR) is 73.4 cm³/mol. The Labute approximate surface area is 115 Å². The second kappa shape index (κ2) is 6.06. The molecule has 1 rings (SSSR count). The minimum absolute atomic E-state index is 0.116. The standard InChI is InChI=1S/C10H9BrClIO2/c11-9(12)4-6-1-2-8(10(14)15)7(3-6)5-13/h1-3,9H,4-5H2,(H,14,15). The summed E-state index contributed by atoms with van der Waals surface area (Å²) >= 11 is 11.2. The summed E-state index contributed by atoms with van der Waals surface area (Å²) < 4.78 is 0.567. The van der Waals surface area contributed by atoms with Crippen LogP contribution in [0.3, 0.4) is 0 Å². The highest BCUT2D eigenvalue weighted by atomic mass is 127. The molecule has 0 heterocycles. The van der Waals surface area contributed by atoms with Gasteiger partial charge in [-0.3, -0.25) is 0 Å². The fraction of sp³-hybridized carbons (Fsp3) is 0.300. The highest BCUT2D eigenvalue weighted by molar-refractivity contribution is 14.1. The quantitative estimate of drug-likeness (QED) is 0.613. The number of halogens is 3. The molecule has 1 aromatic carbocycles. The zero-order valence-corrected chi connectivity index (χ0v) is 12.2. The van der Waals surface area contributed by atoms with E-state index >= 15 is 0 Å². The van der Waals surface area contributed by atoms with Gasteiger partial charge in [0.15, 0.2) is 0 Å². The molecule has 0 saturated carbocycles. The van der Waals surface area contributed by atoms with Crippen LogP contribution >= 0.6 is 50.1 Å². The van der Waals surface area contributed by atoms with Gasteiger partial charge in [0, 0.05) is 4.43 Å². The largest absolute Gasteiger partial charge is 0.478 e. The monoisotopic (exact) mass is 402 g/mol. The number of hydrogen-bond donors (Lipinski definition) is 1. The lowest BCUT2D eigenvalue weighted by Gasteiger charge is -2.07. The van der Waals surface area contributed by atoms with Crippen LogP contribution in [0.5, 0.6) is 0 Å². The fourth-order valence-corrected chi connectivity index (χ4v) is 2.45. The van der Waals surface area contributed by atoms with Crippen molar-refractivity contribution in [1.29, 1.82) is 0 Å². The Kier molecular flexibility index (Phi) is 5.35. The molecule has 0 spiro atoms. The summed E-state index contributed by atoms with van der Waals surface area (Å²) in [4.78, 5) is 10.9. The number of hydrogen-bond acceptors (Lipinski definition) is 1. The average molecular weight is 403 g/mol. The fourth-order valence-electron chi connectivity index (χ4n) is 1.27. The lowest BCUT2D eigenvalue weighted by molar-refractivity contribution is 0.0696. The van der Waals surface area contributed by atoms with Crippen LogP contribution in [-0.4, -0.2) is 15.4 Å². The molecule has 1 N–H and O–H groups in total. The number of carboxylic acid groups (broad SMARTS) is 1. The van der Waals surface area contributed by atoms with Crippen molar-refractivity contribution in [3.05, 3.63) is 34.9 Å². The average Bonchev–Trinajstić information content (AvgIpc) is 2.16. The van der Waals surface area contributed by atoms with Crippen LogP contribution in [0.25, 0.3) is 0 Å². The second-order valence-electron chi connectivity index (χ2n) is 3.03. The molecule has 82 valence electrons. The third-order valence-electron chi connectivity index (χ3n) is 1.93. The molecule has 0 bridgehead atoms. The van der Waals surface area contributed by atoms with Crippen molar-refractivity contribution < 1.29 is 9.90 Å². The molecule has 1 atom stereocenters. The Morgan fingerprint density at radius 2 is 2.27 bits per heavy atom. The molecular weight excluding hydrogens is 394 g/mol. The lowest BCUT2D eigenvalue weighted by Crippen LogP contribution is -2.03. The Morgan fingerprint density at radius 3 is 2.73 bits per heavy atom. The van der Waals surface area contributed by atoms with Crippen LogP contribution in [0, 0.1) is 0 Å². The van der Waals surface area contributed by atoms with Gasteiger partial charge >= 0.3 is 5.97 Å². The maximum Gasteiger partial charge on any atom is 0.335 e. The SMILES string of the molecule is O=C(O)c1ccc(CC(Cl)Br)cc1CI. The molecule has 1 aromatic rings. The minimum Gasteiger partial charge on any atom is -0.478 e. The van der Waals surface area contributed by atoms with Crippen LogP contribution in [0.15, 0.2) is 18.2 Å². The lowest BCUT2D eigenvalue weighted by atomic mass is 10.0. The maximum atomic E-state index is 10.9. The maximum absolute atomic E-state index is 10.9. The van der Waals surface area contributed by atoms with E-state index in [-0.39, 0.29) is 4.29 Å². The zero-order chi connectivity index (χ0) is 11.4. The van der Waals surface area contributed by atoms with Gasteiger partial charge < -0.3 is 5.11 Å². The Bertz CT molecular complexity index is 368. The van der Waals surface area contributed by atoms with Crippen molar-refractivity contribution >= 4 is 56.1 Å². The molecule has 0 aliphatic heterocycles. The van der Waals surface area contributed by atoms with E-state index in [9.17, 15) is 4.79 Å². The smallest absolute Gasteiger partial charge is 0.335 e. The molecule has 15 heavy (non-hydrogen) atoms. The highest BCUT2D eigenvalue weighted by Crippen LogP contribution is 2.19. The second-order valence-corrected chi connectivity index (χ2v) is 5.95. The topological polar surface area (TPSA) is 37.3 Å². The van der Waals surface area contributed by atoms with Gasteiger partial charge in [0.1, 0.15) is 0 Å². The van der Waals surface area contributed by atoms with Crippen LogP contribution in [0.2, 0.25) is 0 Å². The van der Waals surface area contributed by atoms with Crippen molar-refractivity contribution in [2.75, 3.05) is 0 Å². The van der Waals surface area contributed by atoms with Gasteiger partial charge in [-0.2, -0.15) is 0 Å². The normalized spacial score (nSPS) is 12.5. The number of aromatic carboxylic acids is 1. The Balaban J connectivity index is 3.02. The van der Waals surface area contributed by atoms with Crippen LogP contribution in [0.4, 0.5) is 0 Å². The molecule has 0 radical (unpaired) electrons. The van der Waals surface area contributed by atoms with E-state index in [4.69, 9.17) is 16.7 Å². The number of alkyl halides is 3. The molecule has 0 aliphatic carbocycles. The van der Waals surface area contributed by atoms with Gasteiger partial charge in [-0.05, 0) is 23.6 Å². The van der Waals surface area contributed by atoms with Crippen LogP contribution < -0.4 is 0 Å². The zero-order valence-electron chi connectivity index (χ0n) is 7.71. The van der Waals surface area contributed by atoms with Crippen LogP contribution in [0.1, 0.15) is 21.5 Å². The third-order valence-corrected chi connectivity index (χ3v) is 3.23. The van der Waals surface area contributed by atoms with Crippen molar-refractivity contribution in [2.24, 2.45) is 0 Å². The summed E-state index contributed by atoms with van der Waals surface area (Å²) in [7, 11) is 0. The first kappa shape index (κ1) is 13.3. The molecule has 5 heteroatoms. The molecular formula is C10H9BrClIO2. The Hall–Kier alpha value is 0.190. The van der Waals surface area contributed by atoms with E-state index in [1.54, 1.807) is 12.1 Å². The summed E-state index contributed by atoms with van der Waals surface area (Å²) in [5, 5.41) is 8.93. The highest BCUT2D eigenvalue weighted by Gasteiger charge is 2.10. The van der Waals surface area contributed by atoms with E-state index in [0.29, 0.717) is 16.4 Å². The molecule has 0 fully saturated rings. The van der Waals surface area contributed by atoms with Crippen molar-refractivity contribution in [3.8, 4) is 0 Å². The summed E-state index contributed by atoms with van der Waals surface area (Å²) in [6, 6.07) is 5.33. The number of benzene rings is 1. The minimum atomic E-state index is -0.880. The van der Waals surface area contributed by atoms with E-state index < -0.39 is 5.97 Å². The van der Waals surface area contributed by atoms with Gasteiger partial charge in [-0.25, -0.2) is 4.79 Å². The van der Waals surface area contributed by atoms with Crippen molar-refractivity contribution in [2.45, 2.75) is 15.1 Å². The van der Waals surface area contributed by atoms with E-state index in [1.807, 2.05) is 6.07 Å². The number of carbonyl (C=O) groups is 1. The summed E-state index contributed by atoms with van der Waals surface area (Å²) in [6.07, 6.45) is 0.686. The van der Waals surface area contributed by atoms with Crippen LogP contribution in [-0.2, 0) is 10.8 Å². The molecule has 0 amide bonds. The molecule has 1 unspecified atom stereocenters. The van der Waals surface area contributed by atoms with E-state index in [0.717, 1.165) is 11.1 Å². The van der Waals surface area contributed by atoms with Crippen molar-refractivity contribution in [3.63, 3.8) is 0 Å². The first-order valence-electron chi connectivity index (χ1n) is 4.23. The van der Waals surface area contributed by atoms with Crippen molar-refractivity contribution in [1.82, 2.24) is 0 Å². The molecule has 0 aromatic heterocycles. The van der Waals surface area contributed by atoms with Gasteiger partial charge in [-0.1, -0.05) is 50.7 Å². The van der Waals surface area contributed by atoms with Gasteiger partial charge in [-0.15, -0.1) is 11.6 Å². The molecule has 0 saturated heterocycles. The van der Waals surface area contributed by atoms with Gasteiger partial charge in [0.05, 0.1) is 9.85 Å². The molecule has 0 aliphatic rings. The first-order valence-corrected chi connectivity index (χ1v) is 7.11. The summed E-state index contributed by atoms with van der Waals surface area (Å²) in [5.41, 5.74) is 2.25. The predicted octanol–water partition coefficient (Wildman–Crippen LogP) is 3.82. The molecule has 2 nitrogen and oxygen atoms in total. The summed E-state index contributed by atoms with van der Waals surface area (Å²) in [5.74, 6) is -0.880. The number of carboxylic acids is 1. The number of rotatable bonds is 4. The van der Waals surface area contributed by atoms with Gasteiger partial charge in [0.25, 0.3) is 0 Å². The summed E-state index contributed by atoms with van der Waals surface area (Å²) in [6.45, 7) is 0.